The maximum Gasteiger partial charge on any atom is 0.254 e. The van der Waals surface area contributed by atoms with Crippen LogP contribution in [-0.4, -0.2) is 35.9 Å². The molecule has 2 aromatic carbocycles. The van der Waals surface area contributed by atoms with E-state index in [2.05, 4.69) is 5.32 Å². The highest BCUT2D eigenvalue weighted by Crippen LogP contribution is 2.23. The van der Waals surface area contributed by atoms with Crippen molar-refractivity contribution in [2.75, 3.05) is 18.4 Å². The Balaban J connectivity index is 1.66. The highest BCUT2D eigenvalue weighted by molar-refractivity contribution is 5.98. The van der Waals surface area contributed by atoms with Crippen LogP contribution in [0.5, 0.6) is 5.75 Å². The Bertz CT molecular complexity index is 846. The first-order valence-electron chi connectivity index (χ1n) is 10.4. The highest BCUT2D eigenvalue weighted by Gasteiger charge is 2.28. The van der Waals surface area contributed by atoms with Crippen molar-refractivity contribution in [3.63, 3.8) is 0 Å². The molecule has 2 aromatic rings. The van der Waals surface area contributed by atoms with Gasteiger partial charge in [0, 0.05) is 30.1 Å². The van der Waals surface area contributed by atoms with Gasteiger partial charge in [0.15, 0.2) is 0 Å². The van der Waals surface area contributed by atoms with Crippen LogP contribution in [0.15, 0.2) is 48.5 Å². The predicted octanol–water partition coefficient (Wildman–Crippen LogP) is 4.66. The Kier molecular flexibility index (Phi) is 6.91. The lowest BCUT2D eigenvalue weighted by molar-refractivity contribution is -0.120. The van der Waals surface area contributed by atoms with Crippen molar-refractivity contribution in [3.05, 3.63) is 59.7 Å². The van der Waals surface area contributed by atoms with Crippen LogP contribution in [-0.2, 0) is 4.79 Å². The summed E-state index contributed by atoms with van der Waals surface area (Å²) in [6, 6.07) is 15.2. The molecule has 0 aromatic heterocycles. The largest absolute Gasteiger partial charge is 0.489 e. The minimum Gasteiger partial charge on any atom is -0.489 e. The fourth-order valence-electron chi connectivity index (χ4n) is 3.67. The van der Waals surface area contributed by atoms with Crippen LogP contribution in [0.1, 0.15) is 49.0 Å². The second kappa shape index (κ2) is 9.59. The van der Waals surface area contributed by atoms with E-state index in [9.17, 15) is 9.59 Å². The molecule has 0 aliphatic carbocycles. The number of ether oxygens (including phenoxy) is 1. The monoisotopic (exact) mass is 394 g/mol. The van der Waals surface area contributed by atoms with Crippen molar-refractivity contribution < 1.29 is 14.3 Å². The number of likely N-dealkylation sites (tertiary alicyclic amines) is 1. The van der Waals surface area contributed by atoms with E-state index in [1.54, 1.807) is 6.07 Å². The van der Waals surface area contributed by atoms with E-state index in [0.29, 0.717) is 24.3 Å². The van der Waals surface area contributed by atoms with E-state index < -0.39 is 0 Å². The molecule has 5 heteroatoms. The molecular formula is C24H30N2O3. The number of amides is 2. The molecular weight excluding hydrogens is 364 g/mol. The molecule has 29 heavy (non-hydrogen) atoms. The van der Waals surface area contributed by atoms with Gasteiger partial charge >= 0.3 is 0 Å². The summed E-state index contributed by atoms with van der Waals surface area (Å²) >= 11 is 0. The number of carbonyl (C=O) groups excluding carboxylic acids is 2. The topological polar surface area (TPSA) is 58.6 Å². The van der Waals surface area contributed by atoms with Crippen molar-refractivity contribution in [2.45, 2.75) is 46.1 Å². The van der Waals surface area contributed by atoms with Crippen molar-refractivity contribution >= 4 is 17.5 Å². The lowest BCUT2D eigenvalue weighted by Crippen LogP contribution is -2.31. The molecule has 1 N–H and O–H groups in total. The molecule has 0 saturated carbocycles. The van der Waals surface area contributed by atoms with Crippen molar-refractivity contribution in [2.24, 2.45) is 5.92 Å². The summed E-state index contributed by atoms with van der Waals surface area (Å²) < 4.78 is 5.99. The van der Waals surface area contributed by atoms with E-state index in [4.69, 9.17) is 4.74 Å². The minimum absolute atomic E-state index is 0.000776. The number of aryl methyl sites for hydroxylation is 1. The third-order valence-corrected chi connectivity index (χ3v) is 5.58. The summed E-state index contributed by atoms with van der Waals surface area (Å²) in [6.07, 6.45) is 2.42. The van der Waals surface area contributed by atoms with Crippen LogP contribution in [0, 0.1) is 12.8 Å². The number of hydrogen-bond acceptors (Lipinski definition) is 3. The quantitative estimate of drug-likeness (QED) is 0.743. The number of hydrogen-bond donors (Lipinski definition) is 1. The molecule has 1 heterocycles. The van der Waals surface area contributed by atoms with Gasteiger partial charge < -0.3 is 15.0 Å². The average Bonchev–Trinajstić information content (AvgIpc) is 3.19. The predicted molar refractivity (Wildman–Crippen MR) is 115 cm³/mol. The van der Waals surface area contributed by atoms with E-state index in [-0.39, 0.29) is 23.8 Å². The van der Waals surface area contributed by atoms with Crippen LogP contribution < -0.4 is 10.1 Å². The number of nitrogens with zero attached hydrogens (tertiary/aromatic N) is 1. The summed E-state index contributed by atoms with van der Waals surface area (Å²) in [5, 5.41) is 3.01. The minimum atomic E-state index is -0.0257. The molecule has 154 valence electrons. The molecule has 1 aliphatic heterocycles. The Morgan fingerprint density at radius 3 is 2.55 bits per heavy atom. The Morgan fingerprint density at radius 1 is 1.14 bits per heavy atom. The molecule has 5 nitrogen and oxygen atoms in total. The second-order valence-corrected chi connectivity index (χ2v) is 7.63. The van der Waals surface area contributed by atoms with Crippen LogP contribution in [0.4, 0.5) is 5.69 Å². The zero-order valence-electron chi connectivity index (χ0n) is 17.5. The summed E-state index contributed by atoms with van der Waals surface area (Å²) in [6.45, 7) is 7.21. The first-order chi connectivity index (χ1) is 14.0. The Labute approximate surface area is 173 Å². The summed E-state index contributed by atoms with van der Waals surface area (Å²) in [4.78, 5) is 27.3. The Morgan fingerprint density at radius 2 is 1.86 bits per heavy atom. The van der Waals surface area contributed by atoms with E-state index in [1.807, 2.05) is 68.1 Å². The second-order valence-electron chi connectivity index (χ2n) is 7.63. The van der Waals surface area contributed by atoms with Gasteiger partial charge in [-0.05, 0) is 49.6 Å². The van der Waals surface area contributed by atoms with Gasteiger partial charge in [0.1, 0.15) is 11.9 Å². The van der Waals surface area contributed by atoms with Gasteiger partial charge in [0.2, 0.25) is 5.91 Å². The molecule has 2 amide bonds. The molecule has 0 radical (unpaired) electrons. The first-order valence-corrected chi connectivity index (χ1v) is 10.4. The van der Waals surface area contributed by atoms with Crippen molar-refractivity contribution in [1.82, 2.24) is 4.90 Å². The molecule has 3 rings (SSSR count). The van der Waals surface area contributed by atoms with E-state index in [1.165, 1.54) is 0 Å². The number of benzene rings is 2. The number of anilines is 1. The number of para-hydroxylation sites is 1. The van der Waals surface area contributed by atoms with Gasteiger partial charge in [-0.2, -0.15) is 0 Å². The number of rotatable bonds is 7. The molecule has 1 fully saturated rings. The van der Waals surface area contributed by atoms with Crippen LogP contribution in [0.25, 0.3) is 0 Å². The maximum absolute atomic E-state index is 13.0. The molecule has 1 saturated heterocycles. The summed E-state index contributed by atoms with van der Waals surface area (Å²) in [7, 11) is 0. The third kappa shape index (κ3) is 5.17. The zero-order chi connectivity index (χ0) is 20.8. The van der Waals surface area contributed by atoms with Gasteiger partial charge in [-0.15, -0.1) is 0 Å². The van der Waals surface area contributed by atoms with Gasteiger partial charge in [-0.25, -0.2) is 0 Å². The number of nitrogens with one attached hydrogen (secondary N) is 1. The van der Waals surface area contributed by atoms with Gasteiger partial charge in [0.05, 0.1) is 6.54 Å². The van der Waals surface area contributed by atoms with Gasteiger partial charge in [0.25, 0.3) is 5.91 Å². The highest BCUT2D eigenvalue weighted by atomic mass is 16.5. The average molecular weight is 395 g/mol. The van der Waals surface area contributed by atoms with E-state index in [0.717, 1.165) is 30.6 Å². The molecule has 1 aliphatic rings. The maximum atomic E-state index is 13.0. The van der Waals surface area contributed by atoms with Gasteiger partial charge in [-0.3, -0.25) is 9.59 Å². The van der Waals surface area contributed by atoms with Crippen LogP contribution >= 0.6 is 0 Å². The molecule has 1 atom stereocenters. The smallest absolute Gasteiger partial charge is 0.254 e. The van der Waals surface area contributed by atoms with Gasteiger partial charge in [-0.1, -0.05) is 38.1 Å². The van der Waals surface area contributed by atoms with Crippen molar-refractivity contribution in [3.8, 4) is 5.75 Å². The van der Waals surface area contributed by atoms with Crippen molar-refractivity contribution in [1.29, 1.82) is 0 Å². The zero-order valence-corrected chi connectivity index (χ0v) is 17.5. The lowest BCUT2D eigenvalue weighted by Gasteiger charge is -2.19. The molecule has 0 spiro atoms. The Hall–Kier alpha value is -2.82. The summed E-state index contributed by atoms with van der Waals surface area (Å²) in [5.41, 5.74) is 2.26. The lowest BCUT2D eigenvalue weighted by atomic mass is 10.0. The first kappa shape index (κ1) is 20.9. The standard InChI is InChI=1S/C24H30N2O3/c1-4-18(5-2)23(27)25-22-15-19(12-11-17(22)3)24(28)26-14-13-21(16-26)29-20-9-7-6-8-10-20/h6-12,15,18,21H,4-5,13-14,16H2,1-3H3,(H,25,27)/t21-/m1/s1. The van der Waals surface area contributed by atoms with Crippen LogP contribution in [0.3, 0.4) is 0 Å². The normalized spacial score (nSPS) is 16.1. The molecule has 0 bridgehead atoms. The third-order valence-electron chi connectivity index (χ3n) is 5.58. The fraction of sp³-hybridized carbons (Fsp3) is 0.417. The number of carbonyl (C=O) groups is 2. The summed E-state index contributed by atoms with van der Waals surface area (Å²) in [5.74, 6) is 0.805. The van der Waals surface area contributed by atoms with Crippen LogP contribution in [0.2, 0.25) is 0 Å². The fourth-order valence-corrected chi connectivity index (χ4v) is 3.67. The SMILES string of the molecule is CCC(CC)C(=O)Nc1cc(C(=O)N2CC[C@@H](Oc3ccccc3)C2)ccc1C. The van der Waals surface area contributed by atoms with E-state index >= 15 is 0 Å². The molecule has 0 unspecified atom stereocenters.